The molecule has 3 heterocycles. The first-order valence-electron chi connectivity index (χ1n) is 10.1. The van der Waals surface area contributed by atoms with Gasteiger partial charge < -0.3 is 5.32 Å². The molecule has 0 saturated heterocycles. The Morgan fingerprint density at radius 1 is 1.15 bits per heavy atom. The molecule has 6 heteroatoms. The standard InChI is InChI=1S/C21H29N5S/c1-6-16(7-2)17-10-12(3)25-26-18(13(4)23-20(17)26)19-14(5)24-21(27-19)22-11-15-8-9-15/h10,15-16H,6-9,11H2,1-5H3,(H,22,24). The SMILES string of the molecule is CCC(CC)c1cc(C)nn2c(-c3sc(NCC4CC4)nc3C)c(C)nc12. The molecule has 1 fully saturated rings. The van der Waals surface area contributed by atoms with Gasteiger partial charge in [0.15, 0.2) is 10.8 Å². The minimum absolute atomic E-state index is 0.516. The smallest absolute Gasteiger partial charge is 0.183 e. The lowest BCUT2D eigenvalue weighted by atomic mass is 9.95. The quantitative estimate of drug-likeness (QED) is 0.585. The second kappa shape index (κ2) is 7.23. The van der Waals surface area contributed by atoms with E-state index in [1.165, 1.54) is 23.3 Å². The van der Waals surface area contributed by atoms with E-state index in [0.29, 0.717) is 5.92 Å². The summed E-state index contributed by atoms with van der Waals surface area (Å²) in [7, 11) is 0. The maximum Gasteiger partial charge on any atom is 0.183 e. The van der Waals surface area contributed by atoms with Gasteiger partial charge in [-0.15, -0.1) is 0 Å². The molecule has 0 amide bonds. The third-order valence-electron chi connectivity index (χ3n) is 5.59. The number of aryl methyl sites for hydroxylation is 3. The van der Waals surface area contributed by atoms with Crippen molar-refractivity contribution in [3.8, 4) is 10.6 Å². The van der Waals surface area contributed by atoms with Crippen molar-refractivity contribution < 1.29 is 0 Å². The first-order valence-corrected chi connectivity index (χ1v) is 10.9. The predicted molar refractivity (Wildman–Crippen MR) is 113 cm³/mol. The minimum Gasteiger partial charge on any atom is -0.361 e. The zero-order valence-corrected chi connectivity index (χ0v) is 17.8. The van der Waals surface area contributed by atoms with Gasteiger partial charge in [-0.3, -0.25) is 0 Å². The Hall–Kier alpha value is -1.95. The van der Waals surface area contributed by atoms with Crippen molar-refractivity contribution >= 4 is 22.1 Å². The van der Waals surface area contributed by atoms with E-state index in [4.69, 9.17) is 15.1 Å². The molecule has 3 aromatic heterocycles. The molecule has 0 bridgehead atoms. The fourth-order valence-corrected chi connectivity index (χ4v) is 4.87. The number of anilines is 1. The normalized spacial score (nSPS) is 14.4. The molecule has 1 N–H and O–H groups in total. The Labute approximate surface area is 165 Å². The van der Waals surface area contributed by atoms with Crippen LogP contribution in [0, 0.1) is 26.7 Å². The van der Waals surface area contributed by atoms with Crippen LogP contribution in [0.15, 0.2) is 6.07 Å². The van der Waals surface area contributed by atoms with E-state index >= 15 is 0 Å². The van der Waals surface area contributed by atoms with Gasteiger partial charge in [-0.25, -0.2) is 14.5 Å². The van der Waals surface area contributed by atoms with Crippen LogP contribution in [0.2, 0.25) is 0 Å². The van der Waals surface area contributed by atoms with E-state index < -0.39 is 0 Å². The lowest BCUT2D eigenvalue weighted by Crippen LogP contribution is -2.05. The van der Waals surface area contributed by atoms with E-state index in [1.807, 2.05) is 0 Å². The summed E-state index contributed by atoms with van der Waals surface area (Å²) in [4.78, 5) is 10.9. The van der Waals surface area contributed by atoms with E-state index in [9.17, 15) is 0 Å². The molecule has 0 aromatic carbocycles. The number of hydrogen-bond donors (Lipinski definition) is 1. The highest BCUT2D eigenvalue weighted by Gasteiger charge is 2.24. The van der Waals surface area contributed by atoms with Crippen LogP contribution in [-0.2, 0) is 0 Å². The Morgan fingerprint density at radius 2 is 1.89 bits per heavy atom. The minimum atomic E-state index is 0.516. The van der Waals surface area contributed by atoms with Gasteiger partial charge in [-0.1, -0.05) is 25.2 Å². The zero-order chi connectivity index (χ0) is 19.1. The molecule has 0 spiro atoms. The van der Waals surface area contributed by atoms with Crippen LogP contribution in [0.3, 0.4) is 0 Å². The topological polar surface area (TPSA) is 55.1 Å². The van der Waals surface area contributed by atoms with Gasteiger partial charge in [0.25, 0.3) is 0 Å². The average Bonchev–Trinajstić information content (AvgIpc) is 3.32. The molecular weight excluding hydrogens is 354 g/mol. The van der Waals surface area contributed by atoms with Crippen LogP contribution in [-0.4, -0.2) is 26.1 Å². The Bertz CT molecular complexity index is 963. The third kappa shape index (κ3) is 3.47. The molecular formula is C21H29N5S. The van der Waals surface area contributed by atoms with Gasteiger partial charge in [0.2, 0.25) is 0 Å². The van der Waals surface area contributed by atoms with Gasteiger partial charge in [0, 0.05) is 12.1 Å². The maximum absolute atomic E-state index is 4.94. The summed E-state index contributed by atoms with van der Waals surface area (Å²) >= 11 is 1.72. The summed E-state index contributed by atoms with van der Waals surface area (Å²) in [6.45, 7) is 11.8. The summed E-state index contributed by atoms with van der Waals surface area (Å²) < 4.78 is 2.06. The van der Waals surface area contributed by atoms with Gasteiger partial charge in [0.05, 0.1) is 22.0 Å². The first kappa shape index (κ1) is 18.4. The number of rotatable bonds is 7. The lowest BCUT2D eigenvalue weighted by molar-refractivity contribution is 0.638. The largest absolute Gasteiger partial charge is 0.361 e. The van der Waals surface area contributed by atoms with Gasteiger partial charge in [0.1, 0.15) is 5.69 Å². The zero-order valence-electron chi connectivity index (χ0n) is 17.0. The summed E-state index contributed by atoms with van der Waals surface area (Å²) in [6, 6.07) is 2.21. The Balaban J connectivity index is 1.81. The number of fused-ring (bicyclic) bond motifs is 1. The fraction of sp³-hybridized carbons (Fsp3) is 0.571. The van der Waals surface area contributed by atoms with Crippen LogP contribution in [0.5, 0.6) is 0 Å². The molecule has 3 aromatic rings. The second-order valence-electron chi connectivity index (χ2n) is 7.79. The molecule has 0 atom stereocenters. The van der Waals surface area contributed by atoms with Crippen molar-refractivity contribution in [2.24, 2.45) is 5.92 Å². The second-order valence-corrected chi connectivity index (χ2v) is 8.79. The molecule has 0 aliphatic heterocycles. The van der Waals surface area contributed by atoms with Crippen molar-refractivity contribution in [2.75, 3.05) is 11.9 Å². The van der Waals surface area contributed by atoms with Crippen LogP contribution in [0.1, 0.15) is 68.1 Å². The molecule has 0 unspecified atom stereocenters. The van der Waals surface area contributed by atoms with Crippen molar-refractivity contribution in [3.63, 3.8) is 0 Å². The highest BCUT2D eigenvalue weighted by Crippen LogP contribution is 2.37. The molecule has 1 aliphatic rings. The van der Waals surface area contributed by atoms with Crippen molar-refractivity contribution in [2.45, 2.75) is 66.2 Å². The van der Waals surface area contributed by atoms with Crippen LogP contribution < -0.4 is 5.32 Å². The molecule has 0 radical (unpaired) electrons. The first-order chi connectivity index (χ1) is 13.0. The fourth-order valence-electron chi connectivity index (χ4n) is 3.81. The number of nitrogens with one attached hydrogen (secondary N) is 1. The molecule has 5 nitrogen and oxygen atoms in total. The van der Waals surface area contributed by atoms with Crippen LogP contribution >= 0.6 is 11.3 Å². The number of thiazole rings is 1. The molecule has 4 rings (SSSR count). The molecule has 144 valence electrons. The van der Waals surface area contributed by atoms with Gasteiger partial charge in [-0.05, 0) is 64.4 Å². The number of hydrogen-bond acceptors (Lipinski definition) is 5. The third-order valence-corrected chi connectivity index (χ3v) is 6.71. The van der Waals surface area contributed by atoms with Crippen LogP contribution in [0.4, 0.5) is 5.13 Å². The number of aromatic nitrogens is 4. The lowest BCUT2D eigenvalue weighted by Gasteiger charge is -2.14. The number of imidazole rings is 1. The molecule has 1 aliphatic carbocycles. The van der Waals surface area contributed by atoms with Crippen molar-refractivity contribution in [1.29, 1.82) is 0 Å². The van der Waals surface area contributed by atoms with Crippen LogP contribution in [0.25, 0.3) is 16.2 Å². The molecule has 27 heavy (non-hydrogen) atoms. The average molecular weight is 384 g/mol. The van der Waals surface area contributed by atoms with Crippen molar-refractivity contribution in [3.05, 3.63) is 28.7 Å². The van der Waals surface area contributed by atoms with Gasteiger partial charge >= 0.3 is 0 Å². The highest BCUT2D eigenvalue weighted by molar-refractivity contribution is 7.19. The summed E-state index contributed by atoms with van der Waals surface area (Å²) in [5.41, 5.74) is 6.53. The monoisotopic (exact) mass is 383 g/mol. The Kier molecular flexibility index (Phi) is 4.93. The van der Waals surface area contributed by atoms with Crippen molar-refractivity contribution in [1.82, 2.24) is 19.6 Å². The number of nitrogens with zero attached hydrogens (tertiary/aromatic N) is 4. The summed E-state index contributed by atoms with van der Waals surface area (Å²) in [5.74, 6) is 1.35. The molecule has 1 saturated carbocycles. The summed E-state index contributed by atoms with van der Waals surface area (Å²) in [5, 5.41) is 9.36. The van der Waals surface area contributed by atoms with E-state index in [2.05, 4.69) is 50.5 Å². The van der Waals surface area contributed by atoms with E-state index in [1.54, 1.807) is 11.3 Å². The Morgan fingerprint density at radius 3 is 2.56 bits per heavy atom. The van der Waals surface area contributed by atoms with E-state index in [-0.39, 0.29) is 0 Å². The highest BCUT2D eigenvalue weighted by atomic mass is 32.1. The van der Waals surface area contributed by atoms with Gasteiger partial charge in [-0.2, -0.15) is 5.10 Å². The maximum atomic E-state index is 4.94. The van der Waals surface area contributed by atoms with E-state index in [0.717, 1.165) is 58.9 Å². The predicted octanol–water partition coefficient (Wildman–Crippen LogP) is 5.50. The summed E-state index contributed by atoms with van der Waals surface area (Å²) in [6.07, 6.45) is 4.93.